The van der Waals surface area contributed by atoms with Crippen molar-refractivity contribution in [3.63, 3.8) is 0 Å². The van der Waals surface area contributed by atoms with Crippen molar-refractivity contribution in [1.29, 1.82) is 0 Å². The van der Waals surface area contributed by atoms with E-state index in [4.69, 9.17) is 0 Å². The highest BCUT2D eigenvalue weighted by atomic mass is 16.4. The SMILES string of the molecule is C=CC(C)N1CCCC(C(C)(C)C(=O)O)C1. The number of hydrogen-bond donors (Lipinski definition) is 1. The van der Waals surface area contributed by atoms with Gasteiger partial charge in [0, 0.05) is 12.6 Å². The Morgan fingerprint density at radius 3 is 2.75 bits per heavy atom. The minimum Gasteiger partial charge on any atom is -0.481 e. The molecule has 0 aromatic heterocycles. The number of likely N-dealkylation sites (tertiary alicyclic amines) is 1. The van der Waals surface area contributed by atoms with E-state index in [0.717, 1.165) is 25.9 Å². The Labute approximate surface area is 98.1 Å². The molecule has 0 amide bonds. The predicted octanol–water partition coefficient (Wildman–Crippen LogP) is 2.38. The second-order valence-corrected chi connectivity index (χ2v) is 5.34. The lowest BCUT2D eigenvalue weighted by Gasteiger charge is -2.41. The first-order valence-electron chi connectivity index (χ1n) is 5.99. The van der Waals surface area contributed by atoms with Gasteiger partial charge >= 0.3 is 5.97 Å². The highest BCUT2D eigenvalue weighted by Gasteiger charge is 2.39. The van der Waals surface area contributed by atoms with Crippen LogP contribution in [0.4, 0.5) is 0 Å². The van der Waals surface area contributed by atoms with Gasteiger partial charge in [0.25, 0.3) is 0 Å². The summed E-state index contributed by atoms with van der Waals surface area (Å²) in [6.07, 6.45) is 4.02. The van der Waals surface area contributed by atoms with Gasteiger partial charge in [0.15, 0.2) is 0 Å². The van der Waals surface area contributed by atoms with Crippen LogP contribution in [0.25, 0.3) is 0 Å². The fourth-order valence-corrected chi connectivity index (χ4v) is 2.29. The molecule has 0 radical (unpaired) electrons. The number of carbonyl (C=O) groups is 1. The Morgan fingerprint density at radius 2 is 2.25 bits per heavy atom. The molecule has 0 bridgehead atoms. The van der Waals surface area contributed by atoms with E-state index < -0.39 is 11.4 Å². The standard InChI is InChI=1S/C13H23NO2/c1-5-10(2)14-8-6-7-11(9-14)13(3,4)12(15)16/h5,10-11H,1,6-9H2,2-4H3,(H,15,16). The summed E-state index contributed by atoms with van der Waals surface area (Å²) in [5, 5.41) is 9.24. The van der Waals surface area contributed by atoms with Crippen molar-refractivity contribution in [3.8, 4) is 0 Å². The summed E-state index contributed by atoms with van der Waals surface area (Å²) in [5.41, 5.74) is -0.625. The van der Waals surface area contributed by atoms with Crippen LogP contribution in [0.5, 0.6) is 0 Å². The van der Waals surface area contributed by atoms with Crippen molar-refractivity contribution >= 4 is 5.97 Å². The normalized spacial score (nSPS) is 25.1. The first-order chi connectivity index (χ1) is 7.39. The lowest BCUT2D eigenvalue weighted by molar-refractivity contribution is -0.151. The van der Waals surface area contributed by atoms with Gasteiger partial charge in [-0.05, 0) is 46.1 Å². The minimum atomic E-state index is -0.689. The average molecular weight is 225 g/mol. The number of aliphatic carboxylic acids is 1. The van der Waals surface area contributed by atoms with E-state index in [9.17, 15) is 9.90 Å². The first kappa shape index (κ1) is 13.2. The second-order valence-electron chi connectivity index (χ2n) is 5.34. The summed E-state index contributed by atoms with van der Waals surface area (Å²) >= 11 is 0. The van der Waals surface area contributed by atoms with Crippen LogP contribution < -0.4 is 0 Å². The number of carboxylic acid groups (broad SMARTS) is 1. The Morgan fingerprint density at radius 1 is 1.62 bits per heavy atom. The number of piperidine rings is 1. The molecule has 2 unspecified atom stereocenters. The Balaban J connectivity index is 2.70. The van der Waals surface area contributed by atoms with Gasteiger partial charge in [-0.2, -0.15) is 0 Å². The molecule has 1 fully saturated rings. The van der Waals surface area contributed by atoms with Gasteiger partial charge in [-0.15, -0.1) is 6.58 Å². The van der Waals surface area contributed by atoms with Gasteiger partial charge in [-0.1, -0.05) is 6.08 Å². The molecule has 0 aromatic rings. The fourth-order valence-electron chi connectivity index (χ4n) is 2.29. The van der Waals surface area contributed by atoms with Crippen LogP contribution >= 0.6 is 0 Å². The molecule has 0 aromatic carbocycles. The summed E-state index contributed by atoms with van der Waals surface area (Å²) in [5.74, 6) is -0.452. The largest absolute Gasteiger partial charge is 0.481 e. The first-order valence-corrected chi connectivity index (χ1v) is 5.99. The van der Waals surface area contributed by atoms with E-state index in [1.807, 2.05) is 19.9 Å². The third-order valence-electron chi connectivity index (χ3n) is 3.94. The molecular weight excluding hydrogens is 202 g/mol. The topological polar surface area (TPSA) is 40.5 Å². The van der Waals surface area contributed by atoms with Crippen molar-refractivity contribution < 1.29 is 9.90 Å². The lowest BCUT2D eigenvalue weighted by Crippen LogP contribution is -2.47. The van der Waals surface area contributed by atoms with E-state index in [1.165, 1.54) is 0 Å². The maximum absolute atomic E-state index is 11.2. The van der Waals surface area contributed by atoms with Crippen LogP contribution in [0.1, 0.15) is 33.6 Å². The fraction of sp³-hybridized carbons (Fsp3) is 0.769. The summed E-state index contributed by atoms with van der Waals surface area (Å²) in [6, 6.07) is 0.340. The van der Waals surface area contributed by atoms with Gasteiger partial charge < -0.3 is 5.11 Å². The van der Waals surface area contributed by atoms with Gasteiger partial charge in [0.1, 0.15) is 0 Å². The van der Waals surface area contributed by atoms with Crippen molar-refractivity contribution in [2.45, 2.75) is 39.7 Å². The van der Waals surface area contributed by atoms with Gasteiger partial charge in [0.05, 0.1) is 5.41 Å². The van der Waals surface area contributed by atoms with E-state index in [1.54, 1.807) is 0 Å². The summed E-state index contributed by atoms with van der Waals surface area (Å²) in [6.45, 7) is 11.5. The summed E-state index contributed by atoms with van der Waals surface area (Å²) in [4.78, 5) is 13.6. The Kier molecular flexibility index (Phi) is 4.14. The zero-order valence-electron chi connectivity index (χ0n) is 10.6. The number of rotatable bonds is 4. The molecule has 0 aliphatic carbocycles. The molecule has 3 nitrogen and oxygen atoms in total. The molecule has 1 rings (SSSR count). The second kappa shape index (κ2) is 5.00. The lowest BCUT2D eigenvalue weighted by atomic mass is 9.74. The molecule has 3 heteroatoms. The van der Waals surface area contributed by atoms with Crippen LogP contribution in [0.2, 0.25) is 0 Å². The molecule has 0 spiro atoms. The number of nitrogens with zero attached hydrogens (tertiary/aromatic N) is 1. The minimum absolute atomic E-state index is 0.237. The average Bonchev–Trinajstić information content (AvgIpc) is 2.28. The molecule has 1 aliphatic heterocycles. The smallest absolute Gasteiger partial charge is 0.309 e. The zero-order chi connectivity index (χ0) is 12.3. The molecule has 1 N–H and O–H groups in total. The van der Waals surface area contributed by atoms with Crippen LogP contribution in [0.15, 0.2) is 12.7 Å². The van der Waals surface area contributed by atoms with Crippen molar-refractivity contribution in [2.24, 2.45) is 11.3 Å². The Hall–Kier alpha value is -0.830. The van der Waals surface area contributed by atoms with Gasteiger partial charge in [0.2, 0.25) is 0 Å². The van der Waals surface area contributed by atoms with E-state index >= 15 is 0 Å². The zero-order valence-corrected chi connectivity index (χ0v) is 10.6. The highest BCUT2D eigenvalue weighted by molar-refractivity contribution is 5.74. The van der Waals surface area contributed by atoms with Gasteiger partial charge in [-0.25, -0.2) is 0 Å². The van der Waals surface area contributed by atoms with Crippen molar-refractivity contribution in [1.82, 2.24) is 4.90 Å². The number of carboxylic acids is 1. The monoisotopic (exact) mass is 225 g/mol. The third kappa shape index (κ3) is 2.64. The van der Waals surface area contributed by atoms with Crippen molar-refractivity contribution in [3.05, 3.63) is 12.7 Å². The maximum Gasteiger partial charge on any atom is 0.309 e. The van der Waals surface area contributed by atoms with Crippen LogP contribution in [0.3, 0.4) is 0 Å². The van der Waals surface area contributed by atoms with E-state index in [2.05, 4.69) is 18.4 Å². The van der Waals surface area contributed by atoms with E-state index in [-0.39, 0.29) is 5.92 Å². The molecule has 16 heavy (non-hydrogen) atoms. The molecule has 1 aliphatic rings. The molecular formula is C13H23NO2. The highest BCUT2D eigenvalue weighted by Crippen LogP contribution is 2.34. The third-order valence-corrected chi connectivity index (χ3v) is 3.94. The number of hydrogen-bond acceptors (Lipinski definition) is 2. The van der Waals surface area contributed by atoms with Crippen LogP contribution in [-0.2, 0) is 4.79 Å². The summed E-state index contributed by atoms with van der Waals surface area (Å²) < 4.78 is 0. The molecule has 1 heterocycles. The summed E-state index contributed by atoms with van der Waals surface area (Å²) in [7, 11) is 0. The van der Waals surface area contributed by atoms with Crippen LogP contribution in [0, 0.1) is 11.3 Å². The van der Waals surface area contributed by atoms with E-state index in [0.29, 0.717) is 6.04 Å². The molecule has 2 atom stereocenters. The van der Waals surface area contributed by atoms with Crippen LogP contribution in [-0.4, -0.2) is 35.1 Å². The van der Waals surface area contributed by atoms with Gasteiger partial charge in [-0.3, -0.25) is 9.69 Å². The molecule has 92 valence electrons. The Bertz CT molecular complexity index is 273. The molecule has 1 saturated heterocycles. The maximum atomic E-state index is 11.2. The predicted molar refractivity (Wildman–Crippen MR) is 65.4 cm³/mol. The van der Waals surface area contributed by atoms with Crippen molar-refractivity contribution in [2.75, 3.05) is 13.1 Å². The molecule has 0 saturated carbocycles. The quantitative estimate of drug-likeness (QED) is 0.747.